The van der Waals surface area contributed by atoms with Gasteiger partial charge in [-0.15, -0.1) is 0 Å². The van der Waals surface area contributed by atoms with E-state index in [9.17, 15) is 19.5 Å². The van der Waals surface area contributed by atoms with Crippen LogP contribution < -0.4 is 10.6 Å². The van der Waals surface area contributed by atoms with Gasteiger partial charge in [-0.2, -0.15) is 0 Å². The van der Waals surface area contributed by atoms with Crippen LogP contribution in [0, 0.1) is 5.92 Å². The summed E-state index contributed by atoms with van der Waals surface area (Å²) in [5.74, 6) is -1.69. The van der Waals surface area contributed by atoms with Gasteiger partial charge in [-0.1, -0.05) is 30.3 Å². The summed E-state index contributed by atoms with van der Waals surface area (Å²) in [7, 11) is 0. The first kappa shape index (κ1) is 25.2. The van der Waals surface area contributed by atoms with Crippen molar-refractivity contribution in [3.63, 3.8) is 0 Å². The van der Waals surface area contributed by atoms with E-state index in [2.05, 4.69) is 25.6 Å². The van der Waals surface area contributed by atoms with Crippen LogP contribution >= 0.6 is 0 Å². The molecule has 0 aliphatic carbocycles. The van der Waals surface area contributed by atoms with E-state index in [0.29, 0.717) is 30.7 Å². The summed E-state index contributed by atoms with van der Waals surface area (Å²) in [4.78, 5) is 51.5. The highest BCUT2D eigenvalue weighted by Crippen LogP contribution is 2.45. The number of carboxylic acid groups (broad SMARTS) is 1. The first-order valence-electron chi connectivity index (χ1n) is 12.7. The number of aromatic nitrogens is 4. The minimum Gasteiger partial charge on any atom is -0.481 e. The zero-order valence-electron chi connectivity index (χ0n) is 21.0. The first-order chi connectivity index (χ1) is 18.9. The number of urea groups is 1. The molecule has 3 saturated heterocycles. The lowest BCUT2D eigenvalue weighted by molar-refractivity contribution is -0.168. The number of carbonyl (C=O) groups is 3. The largest absolute Gasteiger partial charge is 0.481 e. The quantitative estimate of drug-likeness (QED) is 0.416. The molecular weight excluding hydrogens is 510 g/mol. The van der Waals surface area contributed by atoms with Crippen molar-refractivity contribution in [2.24, 2.45) is 5.92 Å². The molecule has 5 heterocycles. The highest BCUT2D eigenvalue weighted by atomic mass is 16.8. The molecule has 14 nitrogen and oxygen atoms in total. The van der Waals surface area contributed by atoms with Gasteiger partial charge < -0.3 is 29.5 Å². The molecule has 4 unspecified atom stereocenters. The van der Waals surface area contributed by atoms with Gasteiger partial charge in [0.15, 0.2) is 35.6 Å². The van der Waals surface area contributed by atoms with E-state index in [1.807, 2.05) is 30.3 Å². The number of carbonyl (C=O) groups excluding carboxylic acids is 2. The van der Waals surface area contributed by atoms with Crippen molar-refractivity contribution in [3.05, 3.63) is 48.5 Å². The number of ether oxygens (including phenoxy) is 3. The highest BCUT2D eigenvalue weighted by Gasteiger charge is 2.57. The zero-order valence-corrected chi connectivity index (χ0v) is 21.0. The number of fused-ring (bicyclic) bond motifs is 2. The molecule has 3 aromatic rings. The van der Waals surface area contributed by atoms with Gasteiger partial charge in [-0.3, -0.25) is 19.5 Å². The van der Waals surface area contributed by atoms with Gasteiger partial charge in [0.05, 0.1) is 12.2 Å². The summed E-state index contributed by atoms with van der Waals surface area (Å²) in [6.07, 6.45) is -0.898. The van der Waals surface area contributed by atoms with Gasteiger partial charge in [0.1, 0.15) is 18.5 Å². The molecule has 0 spiro atoms. The summed E-state index contributed by atoms with van der Waals surface area (Å²) in [5.41, 5.74) is 1.49. The van der Waals surface area contributed by atoms with E-state index in [1.54, 1.807) is 11.5 Å². The maximum atomic E-state index is 13.6. The van der Waals surface area contributed by atoms with Crippen molar-refractivity contribution >= 4 is 34.9 Å². The van der Waals surface area contributed by atoms with Gasteiger partial charge in [-0.05, 0) is 13.3 Å². The average Bonchev–Trinajstić information content (AvgIpc) is 3.72. The van der Waals surface area contributed by atoms with Crippen molar-refractivity contribution in [3.8, 4) is 0 Å². The molecule has 39 heavy (non-hydrogen) atoms. The number of nitrogens with one attached hydrogen (secondary N) is 2. The molecular formula is C25H27N7O7. The first-order valence-corrected chi connectivity index (χ1v) is 12.7. The van der Waals surface area contributed by atoms with Crippen molar-refractivity contribution < 1.29 is 33.7 Å². The summed E-state index contributed by atoms with van der Waals surface area (Å²) < 4.78 is 20.4. The van der Waals surface area contributed by atoms with Crippen molar-refractivity contribution in [1.82, 2.24) is 29.7 Å². The maximum absolute atomic E-state index is 13.6. The standard InChI is InChI=1S/C25H27N7O7/c1-2-26-25(36)30-19-15-20(28-11-27-19)32(12-29-15)22-18-16(38-24(39-18)13-6-4-3-5-7-13)17(37-22)21(33)31-9-8-14(10-31)23(34)35/h3-7,11-12,14,16-18,22,24H,2,8-10H2,1H3,(H,34,35)(H2,26,27,28,30,36)/t14-,16?,17?,18?,22?,24+/m1/s1. The van der Waals surface area contributed by atoms with Crippen molar-refractivity contribution in [2.45, 2.75) is 44.2 Å². The number of hydrogen-bond acceptors (Lipinski definition) is 9. The van der Waals surface area contributed by atoms with Crippen molar-refractivity contribution in [1.29, 1.82) is 0 Å². The molecule has 3 aliphatic heterocycles. The summed E-state index contributed by atoms with van der Waals surface area (Å²) in [6.45, 7) is 2.66. The fraction of sp³-hybridized carbons (Fsp3) is 0.440. The number of likely N-dealkylation sites (tertiary alicyclic amines) is 1. The van der Waals surface area contributed by atoms with E-state index < -0.39 is 48.7 Å². The van der Waals surface area contributed by atoms with Crippen LogP contribution in [0.1, 0.15) is 31.4 Å². The number of amides is 3. The van der Waals surface area contributed by atoms with Crippen LogP contribution in [0.15, 0.2) is 43.0 Å². The van der Waals surface area contributed by atoms with Crippen LogP contribution in [0.25, 0.3) is 11.2 Å². The Hall–Kier alpha value is -4.14. The van der Waals surface area contributed by atoms with Gasteiger partial charge in [0, 0.05) is 25.2 Å². The Kier molecular flexibility index (Phi) is 6.58. The number of benzene rings is 1. The van der Waals surface area contributed by atoms with E-state index in [4.69, 9.17) is 14.2 Å². The van der Waals surface area contributed by atoms with E-state index in [-0.39, 0.29) is 18.3 Å². The van der Waals surface area contributed by atoms with Crippen molar-refractivity contribution in [2.75, 3.05) is 25.0 Å². The predicted octanol–water partition coefficient (Wildman–Crippen LogP) is 1.28. The van der Waals surface area contributed by atoms with Gasteiger partial charge >= 0.3 is 12.0 Å². The molecule has 6 atom stereocenters. The third-order valence-corrected chi connectivity index (χ3v) is 7.12. The number of hydrogen-bond donors (Lipinski definition) is 3. The fourth-order valence-electron chi connectivity index (χ4n) is 5.22. The summed E-state index contributed by atoms with van der Waals surface area (Å²) in [5, 5.41) is 14.7. The summed E-state index contributed by atoms with van der Waals surface area (Å²) >= 11 is 0. The van der Waals surface area contributed by atoms with E-state index in [0.717, 1.165) is 5.56 Å². The second-order valence-electron chi connectivity index (χ2n) is 9.53. The average molecular weight is 538 g/mol. The lowest BCUT2D eigenvalue weighted by Crippen LogP contribution is -2.44. The maximum Gasteiger partial charge on any atom is 0.320 e. The minimum atomic E-state index is -1.03. The van der Waals surface area contributed by atoms with Gasteiger partial charge in [0.25, 0.3) is 5.91 Å². The number of aliphatic carboxylic acids is 1. The van der Waals surface area contributed by atoms with Gasteiger partial charge in [0.2, 0.25) is 0 Å². The molecule has 3 aliphatic rings. The Bertz CT molecular complexity index is 1400. The Labute approximate surface area is 222 Å². The van der Waals surface area contributed by atoms with E-state index in [1.165, 1.54) is 17.6 Å². The topological polar surface area (TPSA) is 170 Å². The molecule has 0 radical (unpaired) electrons. The number of anilines is 1. The molecule has 0 bridgehead atoms. The zero-order chi connectivity index (χ0) is 27.1. The lowest BCUT2D eigenvalue weighted by atomic mass is 10.1. The minimum absolute atomic E-state index is 0.106. The Morgan fingerprint density at radius 3 is 2.62 bits per heavy atom. The highest BCUT2D eigenvalue weighted by molar-refractivity contribution is 5.95. The Morgan fingerprint density at radius 1 is 1.08 bits per heavy atom. The third kappa shape index (κ3) is 4.56. The second-order valence-corrected chi connectivity index (χ2v) is 9.53. The second kappa shape index (κ2) is 10.2. The van der Waals surface area contributed by atoms with Crippen LogP contribution in [0.5, 0.6) is 0 Å². The van der Waals surface area contributed by atoms with Gasteiger partial charge in [-0.25, -0.2) is 19.7 Å². The van der Waals surface area contributed by atoms with E-state index >= 15 is 0 Å². The Balaban J connectivity index is 1.32. The third-order valence-electron chi connectivity index (χ3n) is 7.12. The normalized spacial score (nSPS) is 28.0. The van der Waals surface area contributed by atoms with Crippen LogP contribution in [-0.2, 0) is 23.8 Å². The smallest absolute Gasteiger partial charge is 0.320 e. The lowest BCUT2D eigenvalue weighted by Gasteiger charge is -2.24. The molecule has 3 N–H and O–H groups in total. The molecule has 1 aromatic carbocycles. The molecule has 14 heteroatoms. The van der Waals surface area contributed by atoms with Crippen LogP contribution in [0.4, 0.5) is 10.6 Å². The molecule has 3 amide bonds. The van der Waals surface area contributed by atoms with Crippen LogP contribution in [0.3, 0.4) is 0 Å². The Morgan fingerprint density at radius 2 is 1.87 bits per heavy atom. The number of imidazole rings is 1. The summed E-state index contributed by atoms with van der Waals surface area (Å²) in [6, 6.07) is 8.93. The predicted molar refractivity (Wildman–Crippen MR) is 133 cm³/mol. The molecule has 2 aromatic heterocycles. The fourth-order valence-corrected chi connectivity index (χ4v) is 5.22. The molecule has 6 rings (SSSR count). The monoisotopic (exact) mass is 537 g/mol. The van der Waals surface area contributed by atoms with Crippen LogP contribution in [0.2, 0.25) is 0 Å². The molecule has 204 valence electrons. The van der Waals surface area contributed by atoms with Crippen LogP contribution in [-0.4, -0.2) is 85.4 Å². The SMILES string of the molecule is CCNC(=O)Nc1ncnc2c1ncn2C1OC(C(=O)N2CC[C@@H](C(=O)O)C2)C2O[C@H](c3ccccc3)OC21. The number of rotatable bonds is 6. The molecule has 3 fully saturated rings. The number of nitrogens with zero attached hydrogens (tertiary/aromatic N) is 5. The molecule has 0 saturated carbocycles. The number of carboxylic acids is 1.